The van der Waals surface area contributed by atoms with Crippen LogP contribution in [0.2, 0.25) is 0 Å². The minimum atomic E-state index is -0.0428. The maximum Gasteiger partial charge on any atom is 0.225 e. The maximum absolute atomic E-state index is 12.0. The maximum atomic E-state index is 12.0. The Kier molecular flexibility index (Phi) is 4.52. The first-order valence-corrected chi connectivity index (χ1v) is 7.54. The number of carbonyl (C=O) groups excluding carboxylic acids is 1. The second-order valence-corrected chi connectivity index (χ2v) is 5.45. The van der Waals surface area contributed by atoms with Crippen LogP contribution in [0.4, 0.5) is 5.82 Å². The number of aromatic nitrogens is 4. The topological polar surface area (TPSA) is 64.7 Å². The molecule has 2 aromatic heterocycles. The van der Waals surface area contributed by atoms with E-state index in [-0.39, 0.29) is 5.91 Å². The van der Waals surface area contributed by atoms with Crippen LogP contribution in [0.25, 0.3) is 0 Å². The second-order valence-electron chi connectivity index (χ2n) is 5.45. The van der Waals surface area contributed by atoms with Gasteiger partial charge in [-0.05, 0) is 17.5 Å². The Morgan fingerprint density at radius 3 is 2.74 bits per heavy atom. The van der Waals surface area contributed by atoms with Crippen LogP contribution < -0.4 is 5.32 Å². The highest BCUT2D eigenvalue weighted by atomic mass is 16.1. The van der Waals surface area contributed by atoms with Crippen LogP contribution in [0.5, 0.6) is 0 Å². The number of aryl methyl sites for hydroxylation is 2. The summed E-state index contributed by atoms with van der Waals surface area (Å²) in [6.45, 7) is 0.687. The van der Waals surface area contributed by atoms with Crippen molar-refractivity contribution in [2.24, 2.45) is 7.05 Å². The highest BCUT2D eigenvalue weighted by Gasteiger charge is 2.07. The molecule has 3 aromatic rings. The molecule has 6 nitrogen and oxygen atoms in total. The number of hydrogen-bond acceptors (Lipinski definition) is 3. The number of amides is 1. The molecule has 118 valence electrons. The van der Waals surface area contributed by atoms with Crippen LogP contribution in [0.1, 0.15) is 17.5 Å². The molecular formula is C17H19N5O. The average Bonchev–Trinajstić information content (AvgIpc) is 3.15. The normalized spacial score (nSPS) is 10.7. The van der Waals surface area contributed by atoms with E-state index in [1.807, 2.05) is 60.5 Å². The van der Waals surface area contributed by atoms with Gasteiger partial charge >= 0.3 is 0 Å². The smallest absolute Gasteiger partial charge is 0.225 e. The van der Waals surface area contributed by atoms with Gasteiger partial charge in [-0.15, -0.1) is 0 Å². The summed E-state index contributed by atoms with van der Waals surface area (Å²) < 4.78 is 3.55. The number of nitrogens with one attached hydrogen (secondary N) is 1. The van der Waals surface area contributed by atoms with Gasteiger partial charge in [0.2, 0.25) is 5.91 Å². The lowest BCUT2D eigenvalue weighted by atomic mass is 10.2. The van der Waals surface area contributed by atoms with Gasteiger partial charge in [-0.25, -0.2) is 0 Å². The van der Waals surface area contributed by atoms with E-state index < -0.39 is 0 Å². The average molecular weight is 309 g/mol. The molecule has 0 unspecified atom stereocenters. The molecule has 0 saturated carbocycles. The third-order valence-corrected chi connectivity index (χ3v) is 3.49. The van der Waals surface area contributed by atoms with Crippen molar-refractivity contribution in [1.29, 1.82) is 0 Å². The number of carbonyl (C=O) groups is 1. The van der Waals surface area contributed by atoms with E-state index in [9.17, 15) is 4.79 Å². The Balaban J connectivity index is 1.51. The highest BCUT2D eigenvalue weighted by Crippen LogP contribution is 2.08. The van der Waals surface area contributed by atoms with E-state index >= 15 is 0 Å². The number of nitrogens with zero attached hydrogens (tertiary/aromatic N) is 4. The first-order chi connectivity index (χ1) is 11.2. The van der Waals surface area contributed by atoms with Crippen LogP contribution in [-0.2, 0) is 24.8 Å². The molecule has 0 spiro atoms. The fraction of sp³-hybridized carbons (Fsp3) is 0.235. The van der Waals surface area contributed by atoms with Crippen molar-refractivity contribution in [1.82, 2.24) is 19.6 Å². The summed E-state index contributed by atoms with van der Waals surface area (Å²) >= 11 is 0. The van der Waals surface area contributed by atoms with Crippen LogP contribution in [-0.4, -0.2) is 25.5 Å². The molecule has 3 rings (SSSR count). The first kappa shape index (κ1) is 15.0. The van der Waals surface area contributed by atoms with Crippen molar-refractivity contribution >= 4 is 11.7 Å². The molecule has 0 aliphatic heterocycles. The summed E-state index contributed by atoms with van der Waals surface area (Å²) in [4.78, 5) is 12.0. The Morgan fingerprint density at radius 2 is 2.00 bits per heavy atom. The summed E-state index contributed by atoms with van der Waals surface area (Å²) in [5.74, 6) is 0.538. The SMILES string of the molecule is Cn1cc(CCC(=O)Nc2ccn(Cc3ccccc3)n2)cn1. The summed E-state index contributed by atoms with van der Waals surface area (Å²) in [6.07, 6.45) is 6.65. The summed E-state index contributed by atoms with van der Waals surface area (Å²) in [5, 5.41) is 11.3. The summed E-state index contributed by atoms with van der Waals surface area (Å²) in [5.41, 5.74) is 2.22. The Bertz CT molecular complexity index is 775. The summed E-state index contributed by atoms with van der Waals surface area (Å²) in [7, 11) is 1.86. The molecule has 0 aliphatic carbocycles. The Hall–Kier alpha value is -2.89. The van der Waals surface area contributed by atoms with Gasteiger partial charge in [-0.3, -0.25) is 14.2 Å². The quantitative estimate of drug-likeness (QED) is 0.759. The van der Waals surface area contributed by atoms with Crippen molar-refractivity contribution in [2.45, 2.75) is 19.4 Å². The minimum absolute atomic E-state index is 0.0428. The molecule has 2 heterocycles. The second kappa shape index (κ2) is 6.91. The molecular weight excluding hydrogens is 290 g/mol. The lowest BCUT2D eigenvalue weighted by Crippen LogP contribution is -2.13. The third-order valence-electron chi connectivity index (χ3n) is 3.49. The zero-order valence-electron chi connectivity index (χ0n) is 13.0. The zero-order valence-corrected chi connectivity index (χ0v) is 13.0. The largest absolute Gasteiger partial charge is 0.309 e. The van der Waals surface area contributed by atoms with Crippen molar-refractivity contribution in [3.8, 4) is 0 Å². The van der Waals surface area contributed by atoms with Gasteiger partial charge in [0.15, 0.2) is 5.82 Å². The minimum Gasteiger partial charge on any atom is -0.309 e. The first-order valence-electron chi connectivity index (χ1n) is 7.54. The van der Waals surface area contributed by atoms with Gasteiger partial charge in [0.05, 0.1) is 12.7 Å². The van der Waals surface area contributed by atoms with E-state index in [0.29, 0.717) is 25.2 Å². The number of anilines is 1. The molecule has 1 amide bonds. The molecule has 23 heavy (non-hydrogen) atoms. The lowest BCUT2D eigenvalue weighted by Gasteiger charge is -2.02. The predicted molar refractivity (Wildman–Crippen MR) is 87.9 cm³/mol. The fourth-order valence-corrected chi connectivity index (χ4v) is 2.35. The molecule has 0 saturated heterocycles. The van der Waals surface area contributed by atoms with Crippen molar-refractivity contribution in [2.75, 3.05) is 5.32 Å². The Labute approximate surface area is 134 Å². The number of rotatable bonds is 6. The van der Waals surface area contributed by atoms with Crippen LogP contribution in [0.15, 0.2) is 55.0 Å². The summed E-state index contributed by atoms with van der Waals surface area (Å²) in [6, 6.07) is 11.9. The van der Waals surface area contributed by atoms with E-state index in [1.54, 1.807) is 10.9 Å². The monoisotopic (exact) mass is 309 g/mol. The number of hydrogen-bond donors (Lipinski definition) is 1. The van der Waals surface area contributed by atoms with Crippen molar-refractivity contribution in [3.05, 3.63) is 66.1 Å². The number of benzene rings is 1. The van der Waals surface area contributed by atoms with Crippen molar-refractivity contribution < 1.29 is 4.79 Å². The van der Waals surface area contributed by atoms with Gasteiger partial charge in [0.1, 0.15) is 0 Å². The van der Waals surface area contributed by atoms with Gasteiger partial charge in [0.25, 0.3) is 0 Å². The molecule has 0 fully saturated rings. The van der Waals surface area contributed by atoms with Crippen LogP contribution >= 0.6 is 0 Å². The molecule has 0 aliphatic rings. The third kappa shape index (κ3) is 4.29. The van der Waals surface area contributed by atoms with Gasteiger partial charge in [0, 0.05) is 31.9 Å². The molecule has 1 aromatic carbocycles. The van der Waals surface area contributed by atoms with E-state index in [2.05, 4.69) is 15.5 Å². The molecule has 0 radical (unpaired) electrons. The van der Waals surface area contributed by atoms with E-state index in [1.165, 1.54) is 5.56 Å². The molecule has 6 heteroatoms. The standard InChI is InChI=1S/C17H19N5O/c1-21-12-15(11-18-21)7-8-17(23)19-16-9-10-22(20-16)13-14-5-3-2-4-6-14/h2-6,9-12H,7-8,13H2,1H3,(H,19,20,23). The van der Waals surface area contributed by atoms with Gasteiger partial charge in [-0.2, -0.15) is 10.2 Å². The Morgan fingerprint density at radius 1 is 1.17 bits per heavy atom. The molecule has 0 atom stereocenters. The van der Waals surface area contributed by atoms with Crippen LogP contribution in [0.3, 0.4) is 0 Å². The van der Waals surface area contributed by atoms with Crippen molar-refractivity contribution in [3.63, 3.8) is 0 Å². The molecule has 1 N–H and O–H groups in total. The molecule has 0 bridgehead atoms. The predicted octanol–water partition coefficient (Wildman–Crippen LogP) is 2.24. The fourth-order valence-electron chi connectivity index (χ4n) is 2.35. The highest BCUT2D eigenvalue weighted by molar-refractivity contribution is 5.89. The van der Waals surface area contributed by atoms with E-state index in [4.69, 9.17) is 0 Å². The van der Waals surface area contributed by atoms with E-state index in [0.717, 1.165) is 5.56 Å². The zero-order chi connectivity index (χ0) is 16.1. The van der Waals surface area contributed by atoms with Gasteiger partial charge < -0.3 is 5.32 Å². The van der Waals surface area contributed by atoms with Crippen LogP contribution in [0, 0.1) is 0 Å². The lowest BCUT2D eigenvalue weighted by molar-refractivity contribution is -0.116. The van der Waals surface area contributed by atoms with Gasteiger partial charge in [-0.1, -0.05) is 30.3 Å².